The van der Waals surface area contributed by atoms with E-state index in [1.165, 1.54) is 17.8 Å². The van der Waals surface area contributed by atoms with Crippen LogP contribution in [0.1, 0.15) is 24.2 Å². The average molecular weight is 624 g/mol. The zero-order valence-corrected chi connectivity index (χ0v) is 25.5. The Morgan fingerprint density at radius 2 is 1.74 bits per heavy atom. The van der Waals surface area contributed by atoms with Crippen molar-refractivity contribution in [1.29, 1.82) is 5.26 Å². The number of hydrogen-bond acceptors (Lipinski definition) is 10. The molecule has 1 atom stereocenters. The lowest BCUT2D eigenvalue weighted by Crippen LogP contribution is -2.31. The highest BCUT2D eigenvalue weighted by Gasteiger charge is 2.43. The summed E-state index contributed by atoms with van der Waals surface area (Å²) in [7, 11) is 0. The minimum Gasteiger partial charge on any atom is -0.383 e. The Hall–Kier alpha value is -5.80. The fraction of sp³-hybridized carbons (Fsp3) is 0.229. The van der Waals surface area contributed by atoms with E-state index in [-0.39, 0.29) is 11.2 Å². The average Bonchev–Trinajstić information content (AvgIpc) is 3.82. The summed E-state index contributed by atoms with van der Waals surface area (Å²) in [5, 5.41) is 9.21. The van der Waals surface area contributed by atoms with E-state index >= 15 is 0 Å². The van der Waals surface area contributed by atoms with Gasteiger partial charge in [-0.3, -0.25) is 19.4 Å². The topological polar surface area (TPSA) is 139 Å². The predicted molar refractivity (Wildman–Crippen MR) is 176 cm³/mol. The van der Waals surface area contributed by atoms with E-state index < -0.39 is 5.82 Å². The summed E-state index contributed by atoms with van der Waals surface area (Å²) in [6.07, 6.45) is 8.39. The quantitative estimate of drug-likeness (QED) is 0.269. The lowest BCUT2D eigenvalue weighted by Gasteiger charge is -2.25. The van der Waals surface area contributed by atoms with Gasteiger partial charge in [0.15, 0.2) is 5.65 Å². The molecule has 6 aromatic rings. The van der Waals surface area contributed by atoms with Crippen molar-refractivity contribution in [2.45, 2.75) is 19.4 Å². The molecule has 0 saturated carbocycles. The lowest BCUT2D eigenvalue weighted by molar-refractivity contribution is 0.270. The smallest absolute Gasteiger partial charge is 0.234 e. The van der Waals surface area contributed by atoms with Crippen LogP contribution >= 0.6 is 0 Å². The molecule has 0 aliphatic carbocycles. The van der Waals surface area contributed by atoms with Crippen molar-refractivity contribution in [3.63, 3.8) is 0 Å². The van der Waals surface area contributed by atoms with Gasteiger partial charge in [-0.15, -0.1) is 0 Å². The number of nitrogen functional groups attached to an aromatic ring is 1. The largest absolute Gasteiger partial charge is 0.383 e. The van der Waals surface area contributed by atoms with Gasteiger partial charge >= 0.3 is 0 Å². The first-order valence-corrected chi connectivity index (χ1v) is 15.5. The van der Waals surface area contributed by atoms with Gasteiger partial charge in [0.25, 0.3) is 0 Å². The van der Waals surface area contributed by atoms with E-state index in [1.54, 1.807) is 24.7 Å². The monoisotopic (exact) mass is 623 g/mol. The molecule has 0 radical (unpaired) electrons. The number of halogens is 1. The molecule has 2 fully saturated rings. The second-order valence-corrected chi connectivity index (χ2v) is 12.3. The third-order valence-electron chi connectivity index (χ3n) is 9.23. The third-order valence-corrected chi connectivity index (χ3v) is 9.23. The first kappa shape index (κ1) is 28.7. The van der Waals surface area contributed by atoms with Gasteiger partial charge in [0.1, 0.15) is 34.7 Å². The number of nitriles is 1. The Morgan fingerprint density at radius 3 is 2.55 bits per heavy atom. The van der Waals surface area contributed by atoms with Gasteiger partial charge in [0, 0.05) is 55.2 Å². The van der Waals surface area contributed by atoms with Crippen LogP contribution in [0.3, 0.4) is 0 Å². The van der Waals surface area contributed by atoms with Crippen molar-refractivity contribution in [1.82, 2.24) is 39.4 Å². The number of rotatable bonds is 6. The number of pyridine rings is 2. The van der Waals surface area contributed by atoms with Crippen LogP contribution in [0.25, 0.3) is 39.5 Å². The van der Waals surface area contributed by atoms with Crippen molar-refractivity contribution >= 4 is 22.8 Å². The normalized spacial score (nSPS) is 17.9. The number of nitrogens with two attached hydrogens (primary N) is 1. The van der Waals surface area contributed by atoms with Crippen LogP contribution in [0.4, 0.5) is 16.0 Å². The fourth-order valence-electron chi connectivity index (χ4n) is 6.92. The first-order valence-electron chi connectivity index (χ1n) is 15.5. The molecule has 232 valence electrons. The van der Waals surface area contributed by atoms with Gasteiger partial charge in [0.05, 0.1) is 23.8 Å². The van der Waals surface area contributed by atoms with Gasteiger partial charge < -0.3 is 10.6 Å². The molecular weight excluding hydrogens is 593 g/mol. The van der Waals surface area contributed by atoms with Crippen LogP contribution in [0.15, 0.2) is 85.5 Å². The maximum atomic E-state index is 13.6. The Balaban J connectivity index is 1.06. The SMILES string of the molecule is N#Cc1nccc(N2CC[C@@]3(CCN(Cc4ccc(-n5c(-c6cccnc6N)cc6ncc(-c7ccc(F)cn7)nc65)cc4)C3)C2)n1. The van der Waals surface area contributed by atoms with Crippen LogP contribution < -0.4 is 10.6 Å². The van der Waals surface area contributed by atoms with Gasteiger partial charge in [0.2, 0.25) is 5.82 Å². The van der Waals surface area contributed by atoms with Crippen LogP contribution in [-0.2, 0) is 6.54 Å². The summed E-state index contributed by atoms with van der Waals surface area (Å²) in [5.41, 5.74) is 12.7. The molecule has 12 heteroatoms. The number of benzene rings is 1. The van der Waals surface area contributed by atoms with E-state index in [9.17, 15) is 9.65 Å². The zero-order chi connectivity index (χ0) is 32.0. The van der Waals surface area contributed by atoms with Crippen LogP contribution in [0, 0.1) is 22.6 Å². The first-order chi connectivity index (χ1) is 23.0. The molecule has 0 amide bonds. The fourth-order valence-corrected chi connectivity index (χ4v) is 6.92. The van der Waals surface area contributed by atoms with E-state index in [0.29, 0.717) is 28.4 Å². The molecule has 1 spiro atoms. The molecule has 11 nitrogen and oxygen atoms in total. The van der Waals surface area contributed by atoms with Crippen LogP contribution in [0.2, 0.25) is 0 Å². The van der Waals surface area contributed by atoms with Crippen LogP contribution in [-0.4, -0.2) is 65.5 Å². The summed E-state index contributed by atoms with van der Waals surface area (Å²) in [5.74, 6) is 1.04. The number of likely N-dealkylation sites (tertiary alicyclic amines) is 1. The van der Waals surface area contributed by atoms with Crippen molar-refractivity contribution in [2.75, 3.05) is 36.8 Å². The van der Waals surface area contributed by atoms with Gasteiger partial charge in [-0.25, -0.2) is 24.3 Å². The third kappa shape index (κ3) is 5.40. The van der Waals surface area contributed by atoms with Crippen molar-refractivity contribution in [2.24, 2.45) is 5.41 Å². The zero-order valence-electron chi connectivity index (χ0n) is 25.5. The molecule has 2 saturated heterocycles. The number of aromatic nitrogens is 7. The Kier molecular flexibility index (Phi) is 7.03. The number of fused-ring (bicyclic) bond motifs is 1. The minimum absolute atomic E-state index is 0.209. The van der Waals surface area contributed by atoms with Crippen molar-refractivity contribution in [3.05, 3.63) is 103 Å². The highest BCUT2D eigenvalue weighted by Crippen LogP contribution is 2.41. The van der Waals surface area contributed by atoms with E-state index in [1.807, 2.05) is 34.9 Å². The highest BCUT2D eigenvalue weighted by atomic mass is 19.1. The van der Waals surface area contributed by atoms with E-state index in [0.717, 1.165) is 68.3 Å². The summed E-state index contributed by atoms with van der Waals surface area (Å²) in [4.78, 5) is 31.4. The molecule has 1 aromatic carbocycles. The molecule has 47 heavy (non-hydrogen) atoms. The molecule has 5 aromatic heterocycles. The number of nitrogens with zero attached hydrogens (tertiary/aromatic N) is 10. The maximum absolute atomic E-state index is 13.6. The molecule has 2 aliphatic heterocycles. The molecule has 2 N–H and O–H groups in total. The predicted octanol–water partition coefficient (Wildman–Crippen LogP) is 5.03. The van der Waals surface area contributed by atoms with Crippen molar-refractivity contribution < 1.29 is 4.39 Å². The molecule has 0 bridgehead atoms. The second-order valence-electron chi connectivity index (χ2n) is 12.3. The highest BCUT2D eigenvalue weighted by molar-refractivity contribution is 5.87. The summed E-state index contributed by atoms with van der Waals surface area (Å²) >= 11 is 0. The summed E-state index contributed by atoms with van der Waals surface area (Å²) in [6, 6.07) is 21.2. The maximum Gasteiger partial charge on any atom is 0.234 e. The molecule has 2 aliphatic rings. The van der Waals surface area contributed by atoms with Gasteiger partial charge in [-0.05, 0) is 73.5 Å². The van der Waals surface area contributed by atoms with Gasteiger partial charge in [-0.1, -0.05) is 12.1 Å². The van der Waals surface area contributed by atoms with Crippen molar-refractivity contribution in [3.8, 4) is 34.4 Å². The van der Waals surface area contributed by atoms with E-state index in [2.05, 4.69) is 59.0 Å². The lowest BCUT2D eigenvalue weighted by atomic mass is 9.86. The Labute approximate surface area is 270 Å². The number of hydrogen-bond donors (Lipinski definition) is 1. The number of anilines is 2. The Bertz CT molecular complexity index is 2140. The summed E-state index contributed by atoms with van der Waals surface area (Å²) in [6.45, 7) is 4.76. The van der Waals surface area contributed by atoms with Gasteiger partial charge in [-0.2, -0.15) is 5.26 Å². The minimum atomic E-state index is -0.410. The van der Waals surface area contributed by atoms with Crippen LogP contribution in [0.5, 0.6) is 0 Å². The Morgan fingerprint density at radius 1 is 0.872 bits per heavy atom. The van der Waals surface area contributed by atoms with E-state index in [4.69, 9.17) is 10.7 Å². The molecule has 7 heterocycles. The standard InChI is InChI=1S/C35H30FN11/c36-24-5-8-27(41-18-24)29-19-42-28-16-30(26-2-1-12-40-33(26)38)47(34(28)43-29)25-6-3-23(4-7-25)20-45-14-10-35(21-45)11-15-46(22-35)32-9-13-39-31(17-37)44-32/h1-9,12-13,16,18-19H,10-11,14-15,20-22H2,(H2,38,40)/t35-/m1/s1. The molecule has 0 unspecified atom stereocenters. The molecule has 8 rings (SSSR count). The second kappa shape index (κ2) is 11.5. The molecular formula is C35H30FN11. The summed E-state index contributed by atoms with van der Waals surface area (Å²) < 4.78 is 15.6.